The molecule has 0 aromatic heterocycles. The van der Waals surface area contributed by atoms with Crippen molar-refractivity contribution >= 4 is 27.5 Å². The van der Waals surface area contributed by atoms with E-state index in [-0.39, 0.29) is 41.6 Å². The number of aliphatic hydroxyl groups is 1. The number of nitrogens with one attached hydrogen (secondary N) is 1. The third kappa shape index (κ3) is 7.70. The lowest BCUT2D eigenvalue weighted by molar-refractivity contribution is -0.142. The zero-order valence-electron chi connectivity index (χ0n) is 22.1. The van der Waals surface area contributed by atoms with E-state index in [1.807, 2.05) is 0 Å². The molecule has 2 aromatic carbocycles. The molecule has 0 saturated heterocycles. The van der Waals surface area contributed by atoms with E-state index >= 15 is 0 Å². The van der Waals surface area contributed by atoms with Gasteiger partial charge < -0.3 is 20.1 Å². The van der Waals surface area contributed by atoms with Gasteiger partial charge in [0.15, 0.2) is 0 Å². The first kappa shape index (κ1) is 31.3. The number of hydrogen-bond donors (Lipinski definition) is 2. The van der Waals surface area contributed by atoms with Crippen LogP contribution < -0.4 is 10.1 Å². The van der Waals surface area contributed by atoms with Gasteiger partial charge in [-0.3, -0.25) is 9.59 Å². The molecule has 0 saturated carbocycles. The Morgan fingerprint density at radius 2 is 1.88 bits per heavy atom. The van der Waals surface area contributed by atoms with Gasteiger partial charge >= 0.3 is 6.18 Å². The number of alkyl halides is 3. The SMILES string of the molecule is C[C@H]1CN([C@@H](C)CO)C(=O)c2cc(NC(=O)CCC(F)(F)F)ccc2O[C@@H]1CN(C)S(=O)(=O)c1ccc(F)cc1. The van der Waals surface area contributed by atoms with Crippen molar-refractivity contribution in [2.24, 2.45) is 5.92 Å². The van der Waals surface area contributed by atoms with Crippen LogP contribution in [-0.4, -0.2) is 79.6 Å². The quantitative estimate of drug-likeness (QED) is 0.432. The lowest BCUT2D eigenvalue weighted by Crippen LogP contribution is -2.50. The van der Waals surface area contributed by atoms with Gasteiger partial charge in [-0.05, 0) is 49.4 Å². The van der Waals surface area contributed by atoms with Gasteiger partial charge in [-0.15, -0.1) is 0 Å². The molecular weight excluding hydrogens is 558 g/mol. The number of nitrogens with zero attached hydrogens (tertiary/aromatic N) is 2. The highest BCUT2D eigenvalue weighted by Gasteiger charge is 2.35. The van der Waals surface area contributed by atoms with Gasteiger partial charge in [0.05, 0.1) is 36.1 Å². The number of likely N-dealkylation sites (N-methyl/N-ethyl adjacent to an activating group) is 1. The normalized spacial score (nSPS) is 18.9. The Labute approximate surface area is 229 Å². The Balaban J connectivity index is 1.91. The summed E-state index contributed by atoms with van der Waals surface area (Å²) >= 11 is 0. The van der Waals surface area contributed by atoms with Gasteiger partial charge in [-0.1, -0.05) is 6.92 Å². The van der Waals surface area contributed by atoms with Crippen LogP contribution in [0.15, 0.2) is 47.4 Å². The van der Waals surface area contributed by atoms with E-state index < -0.39 is 64.7 Å². The number of benzene rings is 2. The van der Waals surface area contributed by atoms with Crippen molar-refractivity contribution in [3.8, 4) is 5.75 Å². The molecule has 0 aliphatic carbocycles. The lowest BCUT2D eigenvalue weighted by atomic mass is 9.99. The summed E-state index contributed by atoms with van der Waals surface area (Å²) in [6.45, 7) is 2.94. The number of aliphatic hydroxyl groups excluding tert-OH is 1. The van der Waals surface area contributed by atoms with E-state index in [0.717, 1.165) is 28.6 Å². The van der Waals surface area contributed by atoms with E-state index in [4.69, 9.17) is 4.74 Å². The molecule has 0 fully saturated rings. The summed E-state index contributed by atoms with van der Waals surface area (Å²) in [6, 6.07) is 7.72. The fourth-order valence-electron chi connectivity index (χ4n) is 4.14. The average Bonchev–Trinajstić information content (AvgIpc) is 2.89. The number of amides is 2. The molecule has 220 valence electrons. The zero-order valence-corrected chi connectivity index (χ0v) is 22.9. The Morgan fingerprint density at radius 1 is 1.23 bits per heavy atom. The molecule has 0 unspecified atom stereocenters. The first-order valence-electron chi connectivity index (χ1n) is 12.4. The van der Waals surface area contributed by atoms with E-state index in [1.165, 1.54) is 30.1 Å². The highest BCUT2D eigenvalue weighted by atomic mass is 32.2. The second kappa shape index (κ2) is 12.5. The molecule has 1 aliphatic heterocycles. The van der Waals surface area contributed by atoms with Crippen LogP contribution in [0.3, 0.4) is 0 Å². The number of ether oxygens (including phenoxy) is 1. The summed E-state index contributed by atoms with van der Waals surface area (Å²) < 4.78 is 84.2. The van der Waals surface area contributed by atoms with Crippen molar-refractivity contribution in [2.75, 3.05) is 32.1 Å². The molecule has 3 rings (SSSR count). The highest BCUT2D eigenvalue weighted by Crippen LogP contribution is 2.31. The minimum Gasteiger partial charge on any atom is -0.488 e. The van der Waals surface area contributed by atoms with Crippen molar-refractivity contribution in [2.45, 2.75) is 49.9 Å². The maximum Gasteiger partial charge on any atom is 0.389 e. The van der Waals surface area contributed by atoms with Crippen LogP contribution in [0.4, 0.5) is 23.2 Å². The minimum absolute atomic E-state index is 0.0186. The van der Waals surface area contributed by atoms with Crippen LogP contribution in [0.25, 0.3) is 0 Å². The highest BCUT2D eigenvalue weighted by molar-refractivity contribution is 7.89. The third-order valence-corrected chi connectivity index (χ3v) is 8.38. The first-order chi connectivity index (χ1) is 18.6. The van der Waals surface area contributed by atoms with Gasteiger partial charge in [0.25, 0.3) is 5.91 Å². The average molecular weight is 590 g/mol. The number of fused-ring (bicyclic) bond motifs is 1. The van der Waals surface area contributed by atoms with Crippen molar-refractivity contribution in [3.63, 3.8) is 0 Å². The van der Waals surface area contributed by atoms with Crippen LogP contribution in [0.1, 0.15) is 37.0 Å². The number of rotatable bonds is 9. The molecule has 1 heterocycles. The number of hydrogen-bond acceptors (Lipinski definition) is 6. The Morgan fingerprint density at radius 3 is 2.48 bits per heavy atom. The van der Waals surface area contributed by atoms with Crippen LogP contribution in [0.5, 0.6) is 5.75 Å². The summed E-state index contributed by atoms with van der Waals surface area (Å²) in [5.41, 5.74) is 0.0514. The predicted molar refractivity (Wildman–Crippen MR) is 138 cm³/mol. The van der Waals surface area contributed by atoms with Gasteiger partial charge in [0.1, 0.15) is 17.7 Å². The monoisotopic (exact) mass is 589 g/mol. The van der Waals surface area contributed by atoms with Crippen LogP contribution in [0.2, 0.25) is 0 Å². The molecule has 40 heavy (non-hydrogen) atoms. The summed E-state index contributed by atoms with van der Waals surface area (Å²) in [6.07, 6.45) is -7.39. The van der Waals surface area contributed by atoms with Crippen molar-refractivity contribution in [1.29, 1.82) is 0 Å². The van der Waals surface area contributed by atoms with Crippen LogP contribution >= 0.6 is 0 Å². The largest absolute Gasteiger partial charge is 0.488 e. The maximum atomic E-state index is 13.5. The Kier molecular flexibility index (Phi) is 9.80. The molecule has 0 spiro atoms. The second-order valence-corrected chi connectivity index (χ2v) is 11.8. The first-order valence-corrected chi connectivity index (χ1v) is 13.9. The fraction of sp³-hybridized carbons (Fsp3) is 0.462. The lowest BCUT2D eigenvalue weighted by Gasteiger charge is -2.38. The molecule has 1 aliphatic rings. The molecule has 2 amide bonds. The number of carbonyl (C=O) groups excluding carboxylic acids is 2. The van der Waals surface area contributed by atoms with Crippen LogP contribution in [0, 0.1) is 11.7 Å². The third-order valence-electron chi connectivity index (χ3n) is 6.54. The molecule has 3 atom stereocenters. The minimum atomic E-state index is -4.50. The summed E-state index contributed by atoms with van der Waals surface area (Å²) in [5.74, 6) is -2.37. The van der Waals surface area contributed by atoms with Gasteiger partial charge in [-0.2, -0.15) is 17.5 Å². The number of anilines is 1. The molecule has 0 radical (unpaired) electrons. The summed E-state index contributed by atoms with van der Waals surface area (Å²) in [7, 11) is -2.68. The van der Waals surface area contributed by atoms with Crippen molar-refractivity contribution in [3.05, 3.63) is 53.8 Å². The molecule has 2 aromatic rings. The van der Waals surface area contributed by atoms with Crippen LogP contribution in [-0.2, 0) is 14.8 Å². The molecule has 2 N–H and O–H groups in total. The molecular formula is C26H31F4N3O6S. The topological polar surface area (TPSA) is 116 Å². The van der Waals surface area contributed by atoms with E-state index in [9.17, 15) is 40.7 Å². The number of sulfonamides is 1. The van der Waals surface area contributed by atoms with E-state index in [0.29, 0.717) is 0 Å². The molecule has 9 nitrogen and oxygen atoms in total. The molecule has 14 heteroatoms. The second-order valence-electron chi connectivity index (χ2n) is 9.74. The summed E-state index contributed by atoms with van der Waals surface area (Å²) in [4.78, 5) is 26.8. The number of halogens is 4. The fourth-order valence-corrected chi connectivity index (χ4v) is 5.32. The molecule has 0 bridgehead atoms. The standard InChI is InChI=1S/C26H31F4N3O6S/c1-16-13-33(17(2)15-34)25(36)21-12-19(31-24(35)10-11-26(28,29)30)6-9-22(21)39-23(16)14-32(3)40(37,38)20-7-4-18(27)5-8-20/h4-9,12,16-17,23,34H,10-11,13-15H2,1-3H3,(H,31,35)/t16-,17-,23+/m0/s1. The number of carbonyl (C=O) groups is 2. The Hall–Kier alpha value is -3.23. The van der Waals surface area contributed by atoms with E-state index in [1.54, 1.807) is 13.8 Å². The maximum absolute atomic E-state index is 13.5. The predicted octanol–water partition coefficient (Wildman–Crippen LogP) is 3.65. The van der Waals surface area contributed by atoms with Crippen molar-refractivity contribution < 1.29 is 45.4 Å². The summed E-state index contributed by atoms with van der Waals surface area (Å²) in [5, 5.41) is 12.1. The van der Waals surface area contributed by atoms with Gasteiger partial charge in [0, 0.05) is 31.6 Å². The van der Waals surface area contributed by atoms with Crippen molar-refractivity contribution in [1.82, 2.24) is 9.21 Å². The zero-order chi connectivity index (χ0) is 29.8. The van der Waals surface area contributed by atoms with Gasteiger partial charge in [0.2, 0.25) is 15.9 Å². The van der Waals surface area contributed by atoms with E-state index in [2.05, 4.69) is 5.32 Å². The van der Waals surface area contributed by atoms with Gasteiger partial charge in [-0.25, -0.2) is 12.8 Å². The smallest absolute Gasteiger partial charge is 0.389 e. The Bertz CT molecular complexity index is 1320.